The molecule has 0 fully saturated rings. The van der Waals surface area contributed by atoms with Gasteiger partial charge in [0, 0.05) is 25.0 Å². The third kappa shape index (κ3) is 2.87. The highest BCUT2D eigenvalue weighted by Crippen LogP contribution is 2.17. The average molecular weight is 208 g/mol. The normalized spacial score (nSPS) is 14.0. The number of anilines is 1. The van der Waals surface area contributed by atoms with E-state index in [4.69, 9.17) is 5.26 Å². The van der Waals surface area contributed by atoms with Crippen molar-refractivity contribution in [2.45, 2.75) is 18.6 Å². The molecule has 6 heteroatoms. The number of nitrogens with one attached hydrogen (secondary N) is 1. The van der Waals surface area contributed by atoms with E-state index in [-0.39, 0.29) is 6.42 Å². The Morgan fingerprint density at radius 2 is 2.07 bits per heavy atom. The highest BCUT2D eigenvalue weighted by molar-refractivity contribution is 5.24. The summed E-state index contributed by atoms with van der Waals surface area (Å²) in [7, 11) is 1.68. The maximum atomic E-state index is 9.58. The molecular formula is C9H12N4O2. The molecule has 0 bridgehead atoms. The molecule has 2 atom stereocenters. The van der Waals surface area contributed by atoms with E-state index < -0.39 is 12.2 Å². The molecule has 1 rings (SSSR count). The first-order valence-electron chi connectivity index (χ1n) is 4.41. The lowest BCUT2D eigenvalue weighted by Gasteiger charge is -2.14. The zero-order valence-corrected chi connectivity index (χ0v) is 8.25. The largest absolute Gasteiger partial charge is 0.389 e. The van der Waals surface area contributed by atoms with Crippen LogP contribution in [0, 0.1) is 11.3 Å². The second-order valence-electron chi connectivity index (χ2n) is 2.96. The van der Waals surface area contributed by atoms with Gasteiger partial charge >= 0.3 is 0 Å². The molecule has 2 unspecified atom stereocenters. The van der Waals surface area contributed by atoms with Gasteiger partial charge in [0.15, 0.2) is 0 Å². The van der Waals surface area contributed by atoms with Crippen molar-refractivity contribution in [3.05, 3.63) is 18.0 Å². The summed E-state index contributed by atoms with van der Waals surface area (Å²) in [6, 6.07) is 1.78. The summed E-state index contributed by atoms with van der Waals surface area (Å²) < 4.78 is 0. The standard InChI is InChI=1S/C9H12N4O2/c1-11-9-12-4-6(5-13-9)8(15)7(14)2-3-10/h4-5,7-8,14-15H,2H2,1H3,(H,11,12,13). The van der Waals surface area contributed by atoms with Crippen LogP contribution in [0.2, 0.25) is 0 Å². The van der Waals surface area contributed by atoms with E-state index in [0.717, 1.165) is 0 Å². The molecule has 80 valence electrons. The van der Waals surface area contributed by atoms with Gasteiger partial charge in [0.2, 0.25) is 5.95 Å². The molecule has 0 spiro atoms. The number of nitrogens with zero attached hydrogens (tertiary/aromatic N) is 3. The molecule has 3 N–H and O–H groups in total. The number of rotatable bonds is 4. The zero-order chi connectivity index (χ0) is 11.3. The highest BCUT2D eigenvalue weighted by atomic mass is 16.3. The van der Waals surface area contributed by atoms with Crippen LogP contribution >= 0.6 is 0 Å². The lowest BCUT2D eigenvalue weighted by Crippen LogP contribution is -2.18. The van der Waals surface area contributed by atoms with Gasteiger partial charge in [0.05, 0.1) is 18.6 Å². The molecule has 0 aromatic carbocycles. The van der Waals surface area contributed by atoms with E-state index in [0.29, 0.717) is 11.5 Å². The van der Waals surface area contributed by atoms with Crippen LogP contribution in [-0.4, -0.2) is 33.3 Å². The quantitative estimate of drug-likeness (QED) is 0.634. The van der Waals surface area contributed by atoms with E-state index in [9.17, 15) is 10.2 Å². The predicted molar refractivity (Wildman–Crippen MR) is 52.8 cm³/mol. The maximum absolute atomic E-state index is 9.58. The van der Waals surface area contributed by atoms with Gasteiger partial charge in [-0.25, -0.2) is 9.97 Å². The third-order valence-electron chi connectivity index (χ3n) is 1.90. The smallest absolute Gasteiger partial charge is 0.222 e. The van der Waals surface area contributed by atoms with E-state index in [1.165, 1.54) is 12.4 Å². The Kier molecular flexibility index (Phi) is 3.97. The summed E-state index contributed by atoms with van der Waals surface area (Å²) in [6.07, 6.45) is 0.443. The Labute approximate surface area is 87.2 Å². The van der Waals surface area contributed by atoms with Gasteiger partial charge in [-0.15, -0.1) is 0 Å². The van der Waals surface area contributed by atoms with Crippen molar-refractivity contribution in [1.82, 2.24) is 9.97 Å². The molecule has 0 saturated heterocycles. The third-order valence-corrected chi connectivity index (χ3v) is 1.90. The minimum Gasteiger partial charge on any atom is -0.389 e. The summed E-state index contributed by atoms with van der Waals surface area (Å²) in [4.78, 5) is 7.77. The van der Waals surface area contributed by atoms with E-state index >= 15 is 0 Å². The molecule has 1 aromatic heterocycles. The van der Waals surface area contributed by atoms with Gasteiger partial charge in [-0.2, -0.15) is 5.26 Å². The number of aliphatic hydroxyl groups excluding tert-OH is 2. The van der Waals surface area contributed by atoms with Crippen LogP contribution in [0.1, 0.15) is 18.1 Å². The minimum atomic E-state index is -1.13. The molecule has 6 nitrogen and oxygen atoms in total. The second kappa shape index (κ2) is 5.24. The van der Waals surface area contributed by atoms with Gasteiger partial charge < -0.3 is 15.5 Å². The van der Waals surface area contributed by atoms with Crippen molar-refractivity contribution >= 4 is 5.95 Å². The van der Waals surface area contributed by atoms with Crippen molar-refractivity contribution in [3.8, 4) is 6.07 Å². The van der Waals surface area contributed by atoms with E-state index in [1.807, 2.05) is 0 Å². The number of hydrogen-bond donors (Lipinski definition) is 3. The second-order valence-corrected chi connectivity index (χ2v) is 2.96. The maximum Gasteiger partial charge on any atom is 0.222 e. The summed E-state index contributed by atoms with van der Waals surface area (Å²) in [5, 5.41) is 30.0. The fourth-order valence-corrected chi connectivity index (χ4v) is 1.05. The Balaban J connectivity index is 2.74. The van der Waals surface area contributed by atoms with Gasteiger partial charge in [-0.1, -0.05) is 0 Å². The van der Waals surface area contributed by atoms with Crippen LogP contribution in [-0.2, 0) is 0 Å². The molecular weight excluding hydrogens is 196 g/mol. The van der Waals surface area contributed by atoms with Crippen molar-refractivity contribution in [2.24, 2.45) is 0 Å². The molecule has 0 saturated carbocycles. The van der Waals surface area contributed by atoms with Crippen LogP contribution in [0.4, 0.5) is 5.95 Å². The van der Waals surface area contributed by atoms with Crippen molar-refractivity contribution in [3.63, 3.8) is 0 Å². The number of nitriles is 1. The van der Waals surface area contributed by atoms with Gasteiger partial charge in [0.1, 0.15) is 6.10 Å². The molecule has 15 heavy (non-hydrogen) atoms. The van der Waals surface area contributed by atoms with E-state index in [2.05, 4.69) is 15.3 Å². The Hall–Kier alpha value is -1.71. The first kappa shape index (κ1) is 11.4. The molecule has 1 heterocycles. The van der Waals surface area contributed by atoms with Crippen molar-refractivity contribution in [2.75, 3.05) is 12.4 Å². The molecule has 0 radical (unpaired) electrons. The Morgan fingerprint density at radius 3 is 2.53 bits per heavy atom. The zero-order valence-electron chi connectivity index (χ0n) is 8.25. The molecule has 1 aromatic rings. The Morgan fingerprint density at radius 1 is 1.47 bits per heavy atom. The van der Waals surface area contributed by atoms with Crippen LogP contribution < -0.4 is 5.32 Å². The van der Waals surface area contributed by atoms with Crippen LogP contribution in [0.15, 0.2) is 12.4 Å². The topological polar surface area (TPSA) is 102 Å². The summed E-state index contributed by atoms with van der Waals surface area (Å²) in [5.74, 6) is 0.431. The monoisotopic (exact) mass is 208 g/mol. The summed E-state index contributed by atoms with van der Waals surface area (Å²) in [6.45, 7) is 0. The molecule has 0 aliphatic rings. The molecule has 0 aliphatic carbocycles. The average Bonchev–Trinajstić information content (AvgIpc) is 2.28. The highest BCUT2D eigenvalue weighted by Gasteiger charge is 2.18. The summed E-state index contributed by atoms with van der Waals surface area (Å²) >= 11 is 0. The first-order valence-corrected chi connectivity index (χ1v) is 4.41. The lowest BCUT2D eigenvalue weighted by atomic mass is 10.1. The molecule has 0 amide bonds. The fourth-order valence-electron chi connectivity index (χ4n) is 1.05. The number of aliphatic hydroxyl groups is 2. The fraction of sp³-hybridized carbons (Fsp3) is 0.444. The van der Waals surface area contributed by atoms with Crippen LogP contribution in [0.25, 0.3) is 0 Å². The van der Waals surface area contributed by atoms with Crippen LogP contribution in [0.5, 0.6) is 0 Å². The predicted octanol–water partition coefficient (Wildman–Crippen LogP) is -0.174. The Bertz CT molecular complexity index is 346. The van der Waals surface area contributed by atoms with Gasteiger partial charge in [-0.05, 0) is 0 Å². The molecule has 0 aliphatic heterocycles. The number of aromatic nitrogens is 2. The van der Waals surface area contributed by atoms with Crippen molar-refractivity contribution < 1.29 is 10.2 Å². The van der Waals surface area contributed by atoms with Crippen LogP contribution in [0.3, 0.4) is 0 Å². The van der Waals surface area contributed by atoms with Crippen molar-refractivity contribution in [1.29, 1.82) is 5.26 Å². The van der Waals surface area contributed by atoms with E-state index in [1.54, 1.807) is 13.1 Å². The lowest BCUT2D eigenvalue weighted by molar-refractivity contribution is 0.0212. The number of hydrogen-bond acceptors (Lipinski definition) is 6. The van der Waals surface area contributed by atoms with Gasteiger partial charge in [0.25, 0.3) is 0 Å². The first-order chi connectivity index (χ1) is 7.19. The summed E-state index contributed by atoms with van der Waals surface area (Å²) in [5.41, 5.74) is 0.386. The minimum absolute atomic E-state index is 0.130. The SMILES string of the molecule is CNc1ncc(C(O)C(O)CC#N)cn1. The van der Waals surface area contributed by atoms with Gasteiger partial charge in [-0.3, -0.25) is 0 Å².